The number of para-hydroxylation sites is 1. The molecule has 1 aliphatic rings. The van der Waals surface area contributed by atoms with Gasteiger partial charge in [-0.05, 0) is 131 Å². The third-order valence-electron chi connectivity index (χ3n) is 17.5. The van der Waals surface area contributed by atoms with E-state index in [1.54, 1.807) is 0 Å². The number of hydrogen-bond donors (Lipinski definition) is 0. The fraction of sp³-hybridized carbons (Fsp3) is 0.308. The first kappa shape index (κ1) is 59.9. The number of ether oxygens (including phenoxy) is 1. The topological polar surface area (TPSA) is 33.5 Å². The van der Waals surface area contributed by atoms with E-state index in [1.807, 2.05) is 6.20 Å². The maximum absolute atomic E-state index is 7.51. The molecule has 0 amide bonds. The summed E-state index contributed by atoms with van der Waals surface area (Å²) in [6.45, 7) is 41.5. The van der Waals surface area contributed by atoms with Gasteiger partial charge in [-0.25, -0.2) is 4.98 Å². The van der Waals surface area contributed by atoms with Gasteiger partial charge >= 0.3 is 0 Å². The standard InChI is InChI=1S/C78H83N4O.Pt/c1-50(2)63-32-26-33-64(51(3)4)72(63)52-39-59(81-49-80(68-36-35-55(44-69(68)81)74(5,6)7)60-42-57(76(11,12)13)41-58(43-60)77(14,15)53-27-20-18-21-28-53)46-61(40-52)83-62-47-66(78(16,17)54-29-22-19-23-30-54)73-65-31-24-25-34-67(65)82(70(73)48-62)71-45-56(37-38-79-71)75(8,9)10;/h18-45,47,49-51H,1-17H3;/q-3;. The molecule has 0 radical (unpaired) electrons. The van der Waals surface area contributed by atoms with Crippen LogP contribution in [0.2, 0.25) is 0 Å². The average Bonchev–Trinajstić information content (AvgIpc) is 2.10. The van der Waals surface area contributed by atoms with E-state index in [4.69, 9.17) is 9.72 Å². The largest absolute Gasteiger partial charge is 0.509 e. The van der Waals surface area contributed by atoms with Crippen molar-refractivity contribution < 1.29 is 25.8 Å². The Balaban J connectivity index is 0.00000786. The molecule has 0 bridgehead atoms. The number of anilines is 4. The van der Waals surface area contributed by atoms with Crippen molar-refractivity contribution in [2.24, 2.45) is 0 Å². The van der Waals surface area contributed by atoms with Gasteiger partial charge in [-0.1, -0.05) is 238 Å². The van der Waals surface area contributed by atoms with Crippen molar-refractivity contribution >= 4 is 44.6 Å². The van der Waals surface area contributed by atoms with Gasteiger partial charge < -0.3 is 19.1 Å². The van der Waals surface area contributed by atoms with E-state index in [9.17, 15) is 0 Å². The molecule has 84 heavy (non-hydrogen) atoms. The molecule has 10 aromatic rings. The Morgan fingerprint density at radius 2 is 1.05 bits per heavy atom. The molecule has 0 atom stereocenters. The monoisotopic (exact) mass is 1290 g/mol. The van der Waals surface area contributed by atoms with E-state index in [0.717, 1.165) is 61.5 Å². The van der Waals surface area contributed by atoms with Crippen LogP contribution in [0, 0.1) is 18.8 Å². The van der Waals surface area contributed by atoms with Crippen LogP contribution >= 0.6 is 0 Å². The normalized spacial score (nSPS) is 13.3. The Morgan fingerprint density at radius 1 is 0.476 bits per heavy atom. The van der Waals surface area contributed by atoms with Crippen LogP contribution in [0.5, 0.6) is 11.5 Å². The van der Waals surface area contributed by atoms with E-state index in [1.165, 1.54) is 50.1 Å². The predicted molar refractivity (Wildman–Crippen MR) is 351 cm³/mol. The molecule has 5 nitrogen and oxygen atoms in total. The van der Waals surface area contributed by atoms with Crippen molar-refractivity contribution in [2.45, 2.75) is 157 Å². The van der Waals surface area contributed by atoms with Crippen LogP contribution in [-0.4, -0.2) is 9.55 Å². The Labute approximate surface area is 516 Å². The zero-order chi connectivity index (χ0) is 59.1. The minimum Gasteiger partial charge on any atom is -0.509 e. The van der Waals surface area contributed by atoms with Crippen LogP contribution in [0.4, 0.5) is 22.7 Å². The second-order valence-corrected chi connectivity index (χ2v) is 27.9. The first-order chi connectivity index (χ1) is 39.2. The third-order valence-corrected chi connectivity index (χ3v) is 17.5. The molecule has 2 aromatic heterocycles. The molecule has 434 valence electrons. The van der Waals surface area contributed by atoms with Crippen LogP contribution in [0.25, 0.3) is 38.8 Å². The summed E-state index contributed by atoms with van der Waals surface area (Å²) in [6.07, 6.45) is 1.94. The molecular formula is C78H83N4OPt-3. The molecule has 0 spiro atoms. The van der Waals surface area contributed by atoms with Gasteiger partial charge in [0.15, 0.2) is 0 Å². The second-order valence-electron chi connectivity index (χ2n) is 27.9. The summed E-state index contributed by atoms with van der Waals surface area (Å²) in [5, 5.41) is 2.26. The van der Waals surface area contributed by atoms with Crippen LogP contribution < -0.4 is 14.5 Å². The van der Waals surface area contributed by atoms with Gasteiger partial charge in [0.1, 0.15) is 5.82 Å². The second kappa shape index (κ2) is 22.3. The summed E-state index contributed by atoms with van der Waals surface area (Å²) in [6, 6.07) is 70.6. The molecule has 0 N–H and O–H groups in total. The summed E-state index contributed by atoms with van der Waals surface area (Å²) >= 11 is 0. The van der Waals surface area contributed by atoms with Crippen LogP contribution in [0.15, 0.2) is 176 Å². The average molecular weight is 1290 g/mol. The molecule has 0 fully saturated rings. The van der Waals surface area contributed by atoms with Gasteiger partial charge in [0.05, 0.1) is 0 Å². The van der Waals surface area contributed by atoms with Crippen LogP contribution in [0.1, 0.15) is 180 Å². The van der Waals surface area contributed by atoms with Crippen LogP contribution in [0.3, 0.4) is 0 Å². The summed E-state index contributed by atoms with van der Waals surface area (Å²) < 4.78 is 9.80. The van der Waals surface area contributed by atoms with E-state index < -0.39 is 5.41 Å². The van der Waals surface area contributed by atoms with Gasteiger partial charge in [-0.2, -0.15) is 0 Å². The maximum Gasteiger partial charge on any atom is 0.135 e. The first-order valence-corrected chi connectivity index (χ1v) is 29.9. The van der Waals surface area contributed by atoms with Crippen molar-refractivity contribution in [3.05, 3.63) is 245 Å². The molecule has 6 heteroatoms. The van der Waals surface area contributed by atoms with Crippen molar-refractivity contribution in [1.82, 2.24) is 9.55 Å². The maximum atomic E-state index is 7.51. The number of hydrogen-bond acceptors (Lipinski definition) is 4. The van der Waals surface area contributed by atoms with Crippen molar-refractivity contribution in [3.63, 3.8) is 0 Å². The fourth-order valence-electron chi connectivity index (χ4n) is 12.2. The molecule has 0 aliphatic carbocycles. The zero-order valence-corrected chi connectivity index (χ0v) is 54.8. The Hall–Kier alpha value is -7.20. The number of rotatable bonds is 12. The number of aromatic nitrogens is 2. The minimum absolute atomic E-state index is 0. The Kier molecular flexibility index (Phi) is 15.9. The molecule has 0 saturated carbocycles. The van der Waals surface area contributed by atoms with Crippen molar-refractivity contribution in [2.75, 3.05) is 9.80 Å². The molecule has 1 aliphatic heterocycles. The smallest absolute Gasteiger partial charge is 0.135 e. The van der Waals surface area contributed by atoms with E-state index in [2.05, 4.69) is 321 Å². The SMILES string of the molecule is CC(C)c1cccc(C(C)C)c1-c1cc(Oc2[c-]c3c(c(C(C)(C)c4ccccc4)c2)c2ccccc2n3-c2cc(C(C)(C)C)ccn2)[c-]c(N2[CH-]N(c3cc(C(C)(C)C)cc(C(C)(C)c4ccccc4)c3)c3ccc(C(C)(C)C)cc32)c1.[Pt]. The predicted octanol–water partition coefficient (Wildman–Crippen LogP) is 21.4. The summed E-state index contributed by atoms with van der Waals surface area (Å²) in [5.74, 6) is 2.57. The van der Waals surface area contributed by atoms with Crippen molar-refractivity contribution in [3.8, 4) is 28.4 Å². The number of benzene rings is 8. The van der Waals surface area contributed by atoms with E-state index in [-0.39, 0.29) is 54.6 Å². The summed E-state index contributed by atoms with van der Waals surface area (Å²) in [7, 11) is 0. The molecule has 11 rings (SSSR count). The quantitative estimate of drug-likeness (QED) is 0.114. The van der Waals surface area contributed by atoms with Gasteiger partial charge in [0.25, 0.3) is 0 Å². The minimum atomic E-state index is -0.454. The zero-order valence-electron chi connectivity index (χ0n) is 52.5. The summed E-state index contributed by atoms with van der Waals surface area (Å²) in [4.78, 5) is 9.85. The molecule has 0 unspecified atom stereocenters. The van der Waals surface area contributed by atoms with Gasteiger partial charge in [0.2, 0.25) is 0 Å². The molecule has 8 aromatic carbocycles. The summed E-state index contributed by atoms with van der Waals surface area (Å²) in [5.41, 5.74) is 18.6. The first-order valence-electron chi connectivity index (χ1n) is 29.9. The molecule has 3 heterocycles. The number of fused-ring (bicyclic) bond motifs is 4. The molecular weight excluding hydrogens is 1200 g/mol. The van der Waals surface area contributed by atoms with E-state index in [0.29, 0.717) is 11.5 Å². The van der Waals surface area contributed by atoms with Gasteiger partial charge in [-0.3, -0.25) is 0 Å². The van der Waals surface area contributed by atoms with Gasteiger partial charge in [-0.15, -0.1) is 53.8 Å². The number of nitrogens with zero attached hydrogens (tertiary/aromatic N) is 4. The number of pyridine rings is 1. The Morgan fingerprint density at radius 3 is 1.67 bits per heavy atom. The van der Waals surface area contributed by atoms with Gasteiger partial charge in [0, 0.05) is 66.8 Å². The molecule has 0 saturated heterocycles. The fourth-order valence-corrected chi connectivity index (χ4v) is 12.2. The van der Waals surface area contributed by atoms with Crippen LogP contribution in [-0.2, 0) is 48.1 Å². The van der Waals surface area contributed by atoms with E-state index >= 15 is 0 Å². The third kappa shape index (κ3) is 11.2. The van der Waals surface area contributed by atoms with Crippen molar-refractivity contribution in [1.29, 1.82) is 0 Å². The Bertz CT molecular complexity index is 4020.